The Hall–Kier alpha value is -1.09. The average molecular weight is 247 g/mol. The van der Waals surface area contributed by atoms with E-state index in [-0.39, 0.29) is 5.41 Å². The van der Waals surface area contributed by atoms with E-state index in [4.69, 9.17) is 0 Å². The van der Waals surface area contributed by atoms with Crippen LogP contribution in [0.5, 0.6) is 0 Å². The van der Waals surface area contributed by atoms with E-state index >= 15 is 0 Å². The largest absolute Gasteiger partial charge is 0.353 e. The van der Waals surface area contributed by atoms with Gasteiger partial charge in [0.1, 0.15) is 5.82 Å². The highest BCUT2D eigenvalue weighted by Crippen LogP contribution is 2.24. The molecule has 1 aliphatic heterocycles. The lowest BCUT2D eigenvalue weighted by Crippen LogP contribution is -2.59. The number of hydrogen-bond acceptors (Lipinski definition) is 3. The summed E-state index contributed by atoms with van der Waals surface area (Å²) in [4.78, 5) is 6.90. The minimum absolute atomic E-state index is 0.183. The predicted octanol–water partition coefficient (Wildman–Crippen LogP) is 2.57. The molecule has 2 heterocycles. The lowest BCUT2D eigenvalue weighted by atomic mass is 9.88. The van der Waals surface area contributed by atoms with E-state index in [1.165, 1.54) is 5.56 Å². The summed E-state index contributed by atoms with van der Waals surface area (Å²) in [5.41, 5.74) is 1.48. The van der Waals surface area contributed by atoms with Gasteiger partial charge in [0.05, 0.1) is 0 Å². The van der Waals surface area contributed by atoms with Crippen LogP contribution in [0.25, 0.3) is 0 Å². The first-order valence-electron chi connectivity index (χ1n) is 6.84. The zero-order chi connectivity index (χ0) is 13.3. The Kier molecular flexibility index (Phi) is 3.62. The van der Waals surface area contributed by atoms with Crippen molar-refractivity contribution in [2.45, 2.75) is 52.1 Å². The number of rotatable bonds is 3. The SMILES string of the molecule is CC(C)NC1CN(c2ccc(C(C)(C)C)cn2)C1. The maximum absolute atomic E-state index is 4.58. The smallest absolute Gasteiger partial charge is 0.128 e. The van der Waals surface area contributed by atoms with Crippen molar-refractivity contribution in [3.8, 4) is 0 Å². The van der Waals surface area contributed by atoms with Crippen LogP contribution >= 0.6 is 0 Å². The van der Waals surface area contributed by atoms with E-state index in [9.17, 15) is 0 Å². The van der Waals surface area contributed by atoms with Crippen LogP contribution in [0, 0.1) is 0 Å². The predicted molar refractivity (Wildman–Crippen MR) is 77.2 cm³/mol. The van der Waals surface area contributed by atoms with Crippen LogP contribution in [-0.4, -0.2) is 30.2 Å². The Morgan fingerprint density at radius 1 is 1.28 bits per heavy atom. The van der Waals surface area contributed by atoms with Crippen molar-refractivity contribution in [1.29, 1.82) is 0 Å². The van der Waals surface area contributed by atoms with Crippen LogP contribution in [0.3, 0.4) is 0 Å². The molecule has 0 saturated carbocycles. The lowest BCUT2D eigenvalue weighted by molar-refractivity contribution is 0.387. The van der Waals surface area contributed by atoms with Crippen molar-refractivity contribution in [2.24, 2.45) is 0 Å². The molecule has 1 fully saturated rings. The Morgan fingerprint density at radius 3 is 2.39 bits per heavy atom. The molecule has 0 unspecified atom stereocenters. The van der Waals surface area contributed by atoms with Gasteiger partial charge in [0.2, 0.25) is 0 Å². The normalized spacial score (nSPS) is 17.1. The van der Waals surface area contributed by atoms with Gasteiger partial charge in [-0.3, -0.25) is 0 Å². The first kappa shape index (κ1) is 13.3. The quantitative estimate of drug-likeness (QED) is 0.890. The summed E-state index contributed by atoms with van der Waals surface area (Å²) in [6.07, 6.45) is 2.01. The van der Waals surface area contributed by atoms with Crippen molar-refractivity contribution < 1.29 is 0 Å². The molecule has 0 spiro atoms. The standard InChI is InChI=1S/C15H25N3/c1-11(2)17-13-9-18(10-13)14-7-6-12(8-16-14)15(3,4)5/h6-8,11,13,17H,9-10H2,1-5H3. The van der Waals surface area contributed by atoms with E-state index in [0.717, 1.165) is 18.9 Å². The molecule has 1 aromatic heterocycles. The van der Waals surface area contributed by atoms with E-state index in [2.05, 4.69) is 62.0 Å². The second-order valence-electron chi connectivity index (χ2n) is 6.58. The molecule has 1 saturated heterocycles. The van der Waals surface area contributed by atoms with Gasteiger partial charge in [0.15, 0.2) is 0 Å². The van der Waals surface area contributed by atoms with Gasteiger partial charge in [-0.15, -0.1) is 0 Å². The van der Waals surface area contributed by atoms with Crippen LogP contribution in [0.15, 0.2) is 18.3 Å². The molecule has 18 heavy (non-hydrogen) atoms. The number of aromatic nitrogens is 1. The van der Waals surface area contributed by atoms with Crippen molar-refractivity contribution in [3.05, 3.63) is 23.9 Å². The van der Waals surface area contributed by atoms with Gasteiger partial charge in [0.25, 0.3) is 0 Å². The molecule has 0 bridgehead atoms. The molecule has 0 atom stereocenters. The molecular formula is C15H25N3. The average Bonchev–Trinajstić information content (AvgIpc) is 2.21. The first-order valence-corrected chi connectivity index (χ1v) is 6.84. The maximum Gasteiger partial charge on any atom is 0.128 e. The minimum Gasteiger partial charge on any atom is -0.353 e. The molecule has 2 rings (SSSR count). The third kappa shape index (κ3) is 3.02. The number of hydrogen-bond donors (Lipinski definition) is 1. The molecule has 1 aromatic rings. The van der Waals surface area contributed by atoms with Gasteiger partial charge in [-0.2, -0.15) is 0 Å². The number of pyridine rings is 1. The van der Waals surface area contributed by atoms with E-state index in [0.29, 0.717) is 12.1 Å². The van der Waals surface area contributed by atoms with Crippen LogP contribution in [-0.2, 0) is 5.41 Å². The maximum atomic E-state index is 4.58. The Bertz CT molecular complexity index is 383. The van der Waals surface area contributed by atoms with Crippen molar-refractivity contribution >= 4 is 5.82 Å². The van der Waals surface area contributed by atoms with Gasteiger partial charge in [-0.25, -0.2) is 4.98 Å². The molecule has 100 valence electrons. The van der Waals surface area contributed by atoms with Gasteiger partial charge >= 0.3 is 0 Å². The van der Waals surface area contributed by atoms with Crippen molar-refractivity contribution in [3.63, 3.8) is 0 Å². The van der Waals surface area contributed by atoms with Gasteiger partial charge < -0.3 is 10.2 Å². The summed E-state index contributed by atoms with van der Waals surface area (Å²) in [5.74, 6) is 1.10. The van der Waals surface area contributed by atoms with Gasteiger partial charge in [-0.1, -0.05) is 40.7 Å². The molecule has 3 nitrogen and oxygen atoms in total. The zero-order valence-electron chi connectivity index (χ0n) is 12.2. The summed E-state index contributed by atoms with van der Waals surface area (Å²) in [7, 11) is 0. The van der Waals surface area contributed by atoms with Crippen LogP contribution < -0.4 is 10.2 Å². The zero-order valence-corrected chi connectivity index (χ0v) is 12.2. The summed E-state index contributed by atoms with van der Waals surface area (Å²) >= 11 is 0. The molecule has 1 N–H and O–H groups in total. The van der Waals surface area contributed by atoms with Crippen LogP contribution in [0.2, 0.25) is 0 Å². The van der Waals surface area contributed by atoms with E-state index < -0.39 is 0 Å². The third-order valence-corrected chi connectivity index (χ3v) is 3.39. The monoisotopic (exact) mass is 247 g/mol. The van der Waals surface area contributed by atoms with Crippen molar-refractivity contribution in [2.75, 3.05) is 18.0 Å². The topological polar surface area (TPSA) is 28.2 Å². The molecule has 1 aliphatic rings. The highest BCUT2D eigenvalue weighted by atomic mass is 15.3. The highest BCUT2D eigenvalue weighted by molar-refractivity contribution is 5.44. The van der Waals surface area contributed by atoms with Crippen LogP contribution in [0.4, 0.5) is 5.82 Å². The minimum atomic E-state index is 0.183. The molecule has 0 radical (unpaired) electrons. The second-order valence-corrected chi connectivity index (χ2v) is 6.58. The van der Waals surface area contributed by atoms with Crippen molar-refractivity contribution in [1.82, 2.24) is 10.3 Å². The number of nitrogens with zero attached hydrogens (tertiary/aromatic N) is 2. The van der Waals surface area contributed by atoms with Crippen LogP contribution in [0.1, 0.15) is 40.2 Å². The second kappa shape index (κ2) is 4.88. The fourth-order valence-electron chi connectivity index (χ4n) is 2.26. The molecular weight excluding hydrogens is 222 g/mol. The Labute approximate surface area is 111 Å². The molecule has 3 heteroatoms. The fraction of sp³-hybridized carbons (Fsp3) is 0.667. The third-order valence-electron chi connectivity index (χ3n) is 3.39. The molecule has 0 aromatic carbocycles. The Balaban J connectivity index is 1.93. The lowest BCUT2D eigenvalue weighted by Gasteiger charge is -2.41. The fourth-order valence-corrected chi connectivity index (χ4v) is 2.26. The van der Waals surface area contributed by atoms with Gasteiger partial charge in [-0.05, 0) is 17.0 Å². The number of nitrogens with one attached hydrogen (secondary N) is 1. The summed E-state index contributed by atoms with van der Waals surface area (Å²) in [6.45, 7) is 13.2. The number of anilines is 1. The summed E-state index contributed by atoms with van der Waals surface area (Å²) in [5, 5.41) is 3.55. The van der Waals surface area contributed by atoms with Gasteiger partial charge in [0, 0.05) is 31.4 Å². The molecule has 0 amide bonds. The molecule has 0 aliphatic carbocycles. The van der Waals surface area contributed by atoms with E-state index in [1.807, 2.05) is 6.20 Å². The summed E-state index contributed by atoms with van der Waals surface area (Å²) < 4.78 is 0. The Morgan fingerprint density at radius 2 is 1.94 bits per heavy atom. The highest BCUT2D eigenvalue weighted by Gasteiger charge is 2.27. The summed E-state index contributed by atoms with van der Waals surface area (Å²) in [6, 6.07) is 5.53. The first-order chi connectivity index (χ1) is 8.36. The van der Waals surface area contributed by atoms with E-state index in [1.54, 1.807) is 0 Å².